The molecule has 0 aliphatic carbocycles. The van der Waals surface area contributed by atoms with Crippen molar-refractivity contribution in [2.45, 2.75) is 13.0 Å². The minimum Gasteiger partial charge on any atom is -0.348 e. The van der Waals surface area contributed by atoms with Crippen molar-refractivity contribution in [1.82, 2.24) is 14.4 Å². The van der Waals surface area contributed by atoms with Gasteiger partial charge in [-0.3, -0.25) is 9.59 Å². The monoisotopic (exact) mass is 361 g/mol. The molecule has 1 aromatic heterocycles. The van der Waals surface area contributed by atoms with E-state index in [1.807, 2.05) is 43.4 Å². The van der Waals surface area contributed by atoms with E-state index in [1.54, 1.807) is 19.0 Å². The van der Waals surface area contributed by atoms with Gasteiger partial charge in [-0.05, 0) is 24.6 Å². The highest BCUT2D eigenvalue weighted by Crippen LogP contribution is 2.43. The molecule has 2 amide bonds. The molecule has 2 aromatic carbocycles. The first-order chi connectivity index (χ1) is 12.9. The normalized spacial score (nSPS) is 16.1. The number of aromatic nitrogens is 1. The van der Waals surface area contributed by atoms with E-state index in [-0.39, 0.29) is 24.4 Å². The molecule has 1 aliphatic rings. The molecule has 5 nitrogen and oxygen atoms in total. The third kappa shape index (κ3) is 2.53. The standard InChI is InChI=1S/C22H23N3O2/c1-14-20(17-11-7-8-12-18(17)24(14)4)21-15-9-5-6-10-16(15)22(27)25(21)13-19(26)23(2)3/h5-12,21H,13H2,1-4H3/t21-/m0/s1. The Balaban J connectivity index is 1.95. The van der Waals surface area contributed by atoms with Crippen LogP contribution in [0.1, 0.15) is 33.2 Å². The molecule has 3 aromatic rings. The fraction of sp³-hybridized carbons (Fsp3) is 0.273. The largest absolute Gasteiger partial charge is 0.348 e. The summed E-state index contributed by atoms with van der Waals surface area (Å²) in [6, 6.07) is 15.6. The summed E-state index contributed by atoms with van der Waals surface area (Å²) < 4.78 is 2.15. The summed E-state index contributed by atoms with van der Waals surface area (Å²) >= 11 is 0. The van der Waals surface area contributed by atoms with E-state index >= 15 is 0 Å². The molecule has 0 saturated carbocycles. The average molecular weight is 361 g/mol. The Morgan fingerprint density at radius 1 is 1.07 bits per heavy atom. The SMILES string of the molecule is Cc1c([C@@H]2c3ccccc3C(=O)N2CC(=O)N(C)C)c2ccccc2n1C. The van der Waals surface area contributed by atoms with Gasteiger partial charge in [0.15, 0.2) is 0 Å². The zero-order chi connectivity index (χ0) is 19.3. The van der Waals surface area contributed by atoms with E-state index in [9.17, 15) is 9.59 Å². The highest BCUT2D eigenvalue weighted by Gasteiger charge is 2.40. The Bertz CT molecular complexity index is 1060. The van der Waals surface area contributed by atoms with Gasteiger partial charge in [-0.15, -0.1) is 0 Å². The fourth-order valence-electron chi connectivity index (χ4n) is 4.03. The van der Waals surface area contributed by atoms with Crippen LogP contribution in [0.3, 0.4) is 0 Å². The Kier molecular flexibility index (Phi) is 4.02. The van der Waals surface area contributed by atoms with Crippen LogP contribution in [0.5, 0.6) is 0 Å². The van der Waals surface area contributed by atoms with Gasteiger partial charge in [0.1, 0.15) is 6.54 Å². The van der Waals surface area contributed by atoms with Gasteiger partial charge in [-0.1, -0.05) is 36.4 Å². The number of rotatable bonds is 3. The lowest BCUT2D eigenvalue weighted by Crippen LogP contribution is -2.39. The van der Waals surface area contributed by atoms with Crippen molar-refractivity contribution >= 4 is 22.7 Å². The Labute approximate surface area is 158 Å². The van der Waals surface area contributed by atoms with Crippen LogP contribution in [0.2, 0.25) is 0 Å². The lowest BCUT2D eigenvalue weighted by molar-refractivity contribution is -0.129. The van der Waals surface area contributed by atoms with Gasteiger partial charge in [-0.2, -0.15) is 0 Å². The summed E-state index contributed by atoms with van der Waals surface area (Å²) in [5.74, 6) is -0.169. The number of benzene rings is 2. The summed E-state index contributed by atoms with van der Waals surface area (Å²) in [6.45, 7) is 2.14. The first-order valence-electron chi connectivity index (χ1n) is 9.05. The molecular weight excluding hydrogens is 338 g/mol. The highest BCUT2D eigenvalue weighted by molar-refractivity contribution is 6.02. The maximum atomic E-state index is 13.1. The minimum absolute atomic E-state index is 0.0633. The zero-order valence-corrected chi connectivity index (χ0v) is 16.1. The second kappa shape index (κ2) is 6.27. The highest BCUT2D eigenvalue weighted by atomic mass is 16.2. The molecule has 4 rings (SSSR count). The van der Waals surface area contributed by atoms with Crippen molar-refractivity contribution in [3.8, 4) is 0 Å². The summed E-state index contributed by atoms with van der Waals surface area (Å²) in [5, 5.41) is 1.12. The molecule has 0 bridgehead atoms. The van der Waals surface area contributed by atoms with Gasteiger partial charge in [-0.25, -0.2) is 0 Å². The first-order valence-corrected chi connectivity index (χ1v) is 9.05. The zero-order valence-electron chi connectivity index (χ0n) is 16.1. The van der Waals surface area contributed by atoms with Gasteiger partial charge in [0.2, 0.25) is 5.91 Å². The number of aryl methyl sites for hydroxylation is 1. The van der Waals surface area contributed by atoms with Crippen molar-refractivity contribution < 1.29 is 9.59 Å². The summed E-state index contributed by atoms with van der Waals surface area (Å²) in [5.41, 5.74) is 4.97. The third-order valence-electron chi connectivity index (χ3n) is 5.58. The molecular formula is C22H23N3O2. The fourth-order valence-corrected chi connectivity index (χ4v) is 4.03. The molecule has 1 atom stereocenters. The number of nitrogens with zero attached hydrogens (tertiary/aromatic N) is 3. The molecule has 0 radical (unpaired) electrons. The van der Waals surface area contributed by atoms with Crippen LogP contribution in [-0.4, -0.2) is 46.8 Å². The number of fused-ring (bicyclic) bond motifs is 2. The van der Waals surface area contributed by atoms with Crippen molar-refractivity contribution in [2.75, 3.05) is 20.6 Å². The first kappa shape index (κ1) is 17.3. The molecule has 0 fully saturated rings. The molecule has 0 N–H and O–H groups in total. The van der Waals surface area contributed by atoms with E-state index in [1.165, 1.54) is 4.90 Å². The lowest BCUT2D eigenvalue weighted by Gasteiger charge is -2.27. The second-order valence-electron chi connectivity index (χ2n) is 7.29. The predicted molar refractivity (Wildman–Crippen MR) is 106 cm³/mol. The number of carbonyl (C=O) groups excluding carboxylic acids is 2. The molecule has 0 saturated heterocycles. The van der Waals surface area contributed by atoms with Crippen LogP contribution in [0, 0.1) is 6.92 Å². The molecule has 27 heavy (non-hydrogen) atoms. The number of para-hydroxylation sites is 1. The minimum atomic E-state index is -0.260. The van der Waals surface area contributed by atoms with Crippen molar-refractivity contribution in [3.63, 3.8) is 0 Å². The number of hydrogen-bond donors (Lipinski definition) is 0. The Morgan fingerprint density at radius 3 is 2.48 bits per heavy atom. The Hall–Kier alpha value is -3.08. The van der Waals surface area contributed by atoms with E-state index in [4.69, 9.17) is 0 Å². The topological polar surface area (TPSA) is 45.6 Å². The quantitative estimate of drug-likeness (QED) is 0.720. The van der Waals surface area contributed by atoms with Crippen molar-refractivity contribution in [2.24, 2.45) is 7.05 Å². The van der Waals surface area contributed by atoms with Crippen LogP contribution in [0.4, 0.5) is 0 Å². The average Bonchev–Trinajstić information content (AvgIpc) is 3.08. The van der Waals surface area contributed by atoms with Crippen LogP contribution in [-0.2, 0) is 11.8 Å². The molecule has 1 aliphatic heterocycles. The molecule has 2 heterocycles. The third-order valence-corrected chi connectivity index (χ3v) is 5.58. The van der Waals surface area contributed by atoms with Crippen molar-refractivity contribution in [3.05, 3.63) is 70.9 Å². The summed E-state index contributed by atoms with van der Waals surface area (Å²) in [4.78, 5) is 28.8. The number of hydrogen-bond acceptors (Lipinski definition) is 2. The van der Waals surface area contributed by atoms with Gasteiger partial charge in [0.25, 0.3) is 5.91 Å². The molecule has 0 unspecified atom stereocenters. The van der Waals surface area contributed by atoms with Gasteiger partial charge >= 0.3 is 0 Å². The van der Waals surface area contributed by atoms with E-state index < -0.39 is 0 Å². The summed E-state index contributed by atoms with van der Waals surface area (Å²) in [6.07, 6.45) is 0. The maximum absolute atomic E-state index is 13.1. The van der Waals surface area contributed by atoms with Crippen LogP contribution < -0.4 is 0 Å². The number of likely N-dealkylation sites (N-methyl/N-ethyl adjacent to an activating group) is 1. The van der Waals surface area contributed by atoms with Crippen LogP contribution in [0.25, 0.3) is 10.9 Å². The van der Waals surface area contributed by atoms with Gasteiger partial charge < -0.3 is 14.4 Å². The number of carbonyl (C=O) groups is 2. The maximum Gasteiger partial charge on any atom is 0.255 e. The molecule has 5 heteroatoms. The van der Waals surface area contributed by atoms with E-state index in [0.29, 0.717) is 5.56 Å². The van der Waals surface area contributed by atoms with Gasteiger partial charge in [0.05, 0.1) is 6.04 Å². The van der Waals surface area contributed by atoms with Crippen molar-refractivity contribution in [1.29, 1.82) is 0 Å². The van der Waals surface area contributed by atoms with Crippen LogP contribution in [0.15, 0.2) is 48.5 Å². The van der Waals surface area contributed by atoms with Crippen LogP contribution >= 0.6 is 0 Å². The van der Waals surface area contributed by atoms with Gasteiger partial charge in [0, 0.05) is 48.9 Å². The second-order valence-corrected chi connectivity index (χ2v) is 7.29. The Morgan fingerprint density at radius 2 is 1.74 bits per heavy atom. The predicted octanol–water partition coefficient (Wildman–Crippen LogP) is 3.12. The molecule has 0 spiro atoms. The van der Waals surface area contributed by atoms with E-state index in [0.717, 1.165) is 27.7 Å². The lowest BCUT2D eigenvalue weighted by atomic mass is 9.95. The smallest absolute Gasteiger partial charge is 0.255 e. The molecule has 138 valence electrons. The van der Waals surface area contributed by atoms with E-state index in [2.05, 4.69) is 23.6 Å². The summed E-state index contributed by atoms with van der Waals surface area (Å²) in [7, 11) is 5.47. The number of amides is 2.